The summed E-state index contributed by atoms with van der Waals surface area (Å²) in [6.45, 7) is 3.71. The molecule has 0 fully saturated rings. The average Bonchev–Trinajstić information content (AvgIpc) is 2.11. The minimum atomic E-state index is -4.02. The van der Waals surface area contributed by atoms with E-state index in [4.69, 9.17) is 0 Å². The quantitative estimate of drug-likeness (QED) is 0.701. The second-order valence-corrected chi connectivity index (χ2v) is 4.42. The maximum absolute atomic E-state index is 12.0. The maximum atomic E-state index is 12.0. The molecule has 0 aliphatic heterocycles. The summed E-state index contributed by atoms with van der Waals surface area (Å²) in [4.78, 5) is 2.00. The van der Waals surface area contributed by atoms with Gasteiger partial charge in [0.2, 0.25) is 0 Å². The smallest absolute Gasteiger partial charge is 0.313 e. The first-order chi connectivity index (χ1) is 7.35. The SMILES string of the molecule is CCCNC(CCCC(F)(F)F)CN(C)C. The molecule has 5 heteroatoms. The van der Waals surface area contributed by atoms with Crippen molar-refractivity contribution in [1.82, 2.24) is 10.2 Å². The fourth-order valence-electron chi connectivity index (χ4n) is 1.60. The molecule has 98 valence electrons. The first kappa shape index (κ1) is 15.7. The molecule has 0 aromatic carbocycles. The van der Waals surface area contributed by atoms with Crippen LogP contribution < -0.4 is 5.32 Å². The molecule has 0 radical (unpaired) electrons. The number of nitrogens with one attached hydrogen (secondary N) is 1. The van der Waals surface area contributed by atoms with Crippen LogP contribution in [0.2, 0.25) is 0 Å². The van der Waals surface area contributed by atoms with Crippen molar-refractivity contribution >= 4 is 0 Å². The van der Waals surface area contributed by atoms with Gasteiger partial charge in [0.1, 0.15) is 0 Å². The van der Waals surface area contributed by atoms with Crippen LogP contribution in [0, 0.1) is 0 Å². The minimum absolute atomic E-state index is 0.164. The van der Waals surface area contributed by atoms with Crippen molar-refractivity contribution in [2.75, 3.05) is 27.2 Å². The molecule has 0 bridgehead atoms. The Morgan fingerprint density at radius 3 is 2.31 bits per heavy atom. The Bertz CT molecular complexity index is 169. The molecule has 0 saturated heterocycles. The second-order valence-electron chi connectivity index (χ2n) is 4.42. The van der Waals surface area contributed by atoms with Gasteiger partial charge in [-0.05, 0) is 39.9 Å². The van der Waals surface area contributed by atoms with Gasteiger partial charge < -0.3 is 10.2 Å². The topological polar surface area (TPSA) is 15.3 Å². The van der Waals surface area contributed by atoms with Gasteiger partial charge in [0.25, 0.3) is 0 Å². The number of rotatable bonds is 8. The summed E-state index contributed by atoms with van der Waals surface area (Å²) < 4.78 is 36.0. The zero-order chi connectivity index (χ0) is 12.6. The van der Waals surface area contributed by atoms with Crippen molar-refractivity contribution in [3.05, 3.63) is 0 Å². The summed E-state index contributed by atoms with van der Waals surface area (Å²) in [7, 11) is 3.87. The Morgan fingerprint density at radius 2 is 1.88 bits per heavy atom. The molecule has 1 unspecified atom stereocenters. The lowest BCUT2D eigenvalue weighted by molar-refractivity contribution is -0.135. The Balaban J connectivity index is 3.82. The van der Waals surface area contributed by atoms with Gasteiger partial charge in [-0.2, -0.15) is 13.2 Å². The molecule has 0 aromatic rings. The number of alkyl halides is 3. The molecule has 0 rings (SSSR count). The monoisotopic (exact) mass is 240 g/mol. The van der Waals surface area contributed by atoms with Crippen molar-refractivity contribution in [3.63, 3.8) is 0 Å². The highest BCUT2D eigenvalue weighted by Gasteiger charge is 2.26. The zero-order valence-corrected chi connectivity index (χ0v) is 10.4. The number of likely N-dealkylation sites (N-methyl/N-ethyl adjacent to an activating group) is 1. The summed E-state index contributed by atoms with van der Waals surface area (Å²) in [5.74, 6) is 0. The fourth-order valence-corrected chi connectivity index (χ4v) is 1.60. The van der Waals surface area contributed by atoms with E-state index in [1.807, 2.05) is 19.0 Å². The third kappa shape index (κ3) is 10.2. The number of hydrogen-bond acceptors (Lipinski definition) is 2. The third-order valence-electron chi connectivity index (χ3n) is 2.28. The van der Waals surface area contributed by atoms with E-state index >= 15 is 0 Å². The van der Waals surface area contributed by atoms with Crippen LogP contribution in [-0.4, -0.2) is 44.3 Å². The molecular formula is C11H23F3N2. The minimum Gasteiger partial charge on any atom is -0.313 e. The molecule has 2 nitrogen and oxygen atoms in total. The lowest BCUT2D eigenvalue weighted by Gasteiger charge is -2.22. The molecule has 0 spiro atoms. The normalized spacial score (nSPS) is 14.4. The van der Waals surface area contributed by atoms with Gasteiger partial charge in [-0.3, -0.25) is 0 Å². The van der Waals surface area contributed by atoms with Gasteiger partial charge in [0.15, 0.2) is 0 Å². The molecule has 16 heavy (non-hydrogen) atoms. The highest BCUT2D eigenvalue weighted by molar-refractivity contribution is 4.70. The van der Waals surface area contributed by atoms with E-state index in [2.05, 4.69) is 12.2 Å². The Kier molecular flexibility index (Phi) is 7.76. The van der Waals surface area contributed by atoms with Crippen LogP contribution in [-0.2, 0) is 0 Å². The first-order valence-electron chi connectivity index (χ1n) is 5.80. The molecule has 0 amide bonds. The van der Waals surface area contributed by atoms with E-state index in [0.29, 0.717) is 6.42 Å². The van der Waals surface area contributed by atoms with Gasteiger partial charge in [-0.1, -0.05) is 6.92 Å². The highest BCUT2D eigenvalue weighted by atomic mass is 19.4. The molecule has 0 aromatic heterocycles. The van der Waals surface area contributed by atoms with Crippen molar-refractivity contribution in [1.29, 1.82) is 0 Å². The third-order valence-corrected chi connectivity index (χ3v) is 2.28. The standard InChI is InChI=1S/C11H23F3N2/c1-4-8-15-10(9-16(2)3)6-5-7-11(12,13)14/h10,15H,4-9H2,1-3H3. The Labute approximate surface area is 96.2 Å². The van der Waals surface area contributed by atoms with E-state index < -0.39 is 12.6 Å². The zero-order valence-electron chi connectivity index (χ0n) is 10.4. The Hall–Kier alpha value is -0.290. The average molecular weight is 240 g/mol. The van der Waals surface area contributed by atoms with Crippen LogP contribution in [0.4, 0.5) is 13.2 Å². The van der Waals surface area contributed by atoms with Gasteiger partial charge in [0, 0.05) is 19.0 Å². The molecule has 1 atom stereocenters. The maximum Gasteiger partial charge on any atom is 0.389 e. The fraction of sp³-hybridized carbons (Fsp3) is 1.00. The van der Waals surface area contributed by atoms with Gasteiger partial charge in [-0.25, -0.2) is 0 Å². The van der Waals surface area contributed by atoms with Crippen LogP contribution in [0.1, 0.15) is 32.6 Å². The lowest BCUT2D eigenvalue weighted by Crippen LogP contribution is -2.38. The number of nitrogens with zero attached hydrogens (tertiary/aromatic N) is 1. The predicted octanol–water partition coefficient (Wildman–Crippen LogP) is 2.65. The van der Waals surface area contributed by atoms with Gasteiger partial charge in [-0.15, -0.1) is 0 Å². The Morgan fingerprint density at radius 1 is 1.25 bits per heavy atom. The summed E-state index contributed by atoms with van der Waals surface area (Å²) in [6.07, 6.45) is -2.90. The van der Waals surface area contributed by atoms with E-state index in [-0.39, 0.29) is 12.5 Å². The molecule has 0 heterocycles. The largest absolute Gasteiger partial charge is 0.389 e. The van der Waals surface area contributed by atoms with E-state index in [0.717, 1.165) is 19.5 Å². The number of hydrogen-bond donors (Lipinski definition) is 1. The molecule has 0 saturated carbocycles. The van der Waals surface area contributed by atoms with Gasteiger partial charge in [0.05, 0.1) is 0 Å². The van der Waals surface area contributed by atoms with Gasteiger partial charge >= 0.3 is 6.18 Å². The number of halogens is 3. The van der Waals surface area contributed by atoms with E-state index in [9.17, 15) is 13.2 Å². The molecule has 0 aliphatic carbocycles. The van der Waals surface area contributed by atoms with E-state index in [1.165, 1.54) is 0 Å². The highest BCUT2D eigenvalue weighted by Crippen LogP contribution is 2.22. The van der Waals surface area contributed by atoms with Crippen molar-refractivity contribution in [2.45, 2.75) is 44.8 Å². The van der Waals surface area contributed by atoms with Crippen molar-refractivity contribution in [3.8, 4) is 0 Å². The van der Waals surface area contributed by atoms with Crippen molar-refractivity contribution in [2.24, 2.45) is 0 Å². The molecule has 1 N–H and O–H groups in total. The van der Waals surface area contributed by atoms with Crippen LogP contribution in [0.5, 0.6) is 0 Å². The van der Waals surface area contributed by atoms with Crippen LogP contribution >= 0.6 is 0 Å². The summed E-state index contributed by atoms with van der Waals surface area (Å²) in [5, 5.41) is 3.28. The van der Waals surface area contributed by atoms with Crippen LogP contribution in [0.3, 0.4) is 0 Å². The van der Waals surface area contributed by atoms with Crippen LogP contribution in [0.15, 0.2) is 0 Å². The lowest BCUT2D eigenvalue weighted by atomic mass is 10.1. The predicted molar refractivity (Wildman–Crippen MR) is 60.5 cm³/mol. The summed E-state index contributed by atoms with van der Waals surface area (Å²) in [6, 6.07) is 0.164. The molecule has 0 aliphatic rings. The first-order valence-corrected chi connectivity index (χ1v) is 5.80. The summed E-state index contributed by atoms with van der Waals surface area (Å²) >= 11 is 0. The van der Waals surface area contributed by atoms with E-state index in [1.54, 1.807) is 0 Å². The molecular weight excluding hydrogens is 217 g/mol. The second kappa shape index (κ2) is 7.90. The van der Waals surface area contributed by atoms with Crippen LogP contribution in [0.25, 0.3) is 0 Å². The summed E-state index contributed by atoms with van der Waals surface area (Å²) in [5.41, 5.74) is 0. The van der Waals surface area contributed by atoms with Crippen molar-refractivity contribution < 1.29 is 13.2 Å².